The van der Waals surface area contributed by atoms with Crippen molar-refractivity contribution in [1.29, 1.82) is 0 Å². The van der Waals surface area contributed by atoms with Crippen molar-refractivity contribution in [3.05, 3.63) is 35.5 Å². The second-order valence-corrected chi connectivity index (χ2v) is 9.11. The summed E-state index contributed by atoms with van der Waals surface area (Å²) in [5, 5.41) is 24.7. The minimum absolute atomic E-state index is 0. The van der Waals surface area contributed by atoms with Gasteiger partial charge in [-0.15, -0.1) is 0 Å². The van der Waals surface area contributed by atoms with E-state index >= 15 is 0 Å². The van der Waals surface area contributed by atoms with Gasteiger partial charge in [0.05, 0.1) is 0 Å². The summed E-state index contributed by atoms with van der Waals surface area (Å²) in [5.41, 5.74) is 0. The van der Waals surface area contributed by atoms with Crippen LogP contribution < -0.4 is 0 Å². The number of hydrogen-bond acceptors (Lipinski definition) is 6. The average Bonchev–Trinajstić information content (AvgIpc) is 2.93. The van der Waals surface area contributed by atoms with Crippen LogP contribution in [0.1, 0.15) is 0 Å². The molecule has 1 radical (unpaired) electrons. The maximum Gasteiger partial charge on any atom is 0.460 e. The molecule has 37 heteroatoms. The number of rotatable bonds is 9. The summed E-state index contributed by atoms with van der Waals surface area (Å²) in [6.45, 7) is 0. The topological polar surface area (TPSA) is 112 Å². The van der Waals surface area contributed by atoms with Crippen LogP contribution in [-0.4, -0.2) is 105 Å². The summed E-state index contributed by atoms with van der Waals surface area (Å²) in [6, 6.07) is 0. The second-order valence-electron chi connectivity index (χ2n) is 9.11. The first kappa shape index (κ1) is 61.8. The van der Waals surface area contributed by atoms with Gasteiger partial charge in [-0.3, -0.25) is 14.4 Å². The van der Waals surface area contributed by atoms with E-state index in [-0.39, 0.29) is 49.4 Å². The number of ketones is 3. The van der Waals surface area contributed by atoms with E-state index in [0.717, 1.165) is 0 Å². The summed E-state index contributed by atoms with van der Waals surface area (Å²) in [4.78, 5) is 30.2. The van der Waals surface area contributed by atoms with Crippen LogP contribution in [0.2, 0.25) is 0 Å². The molecule has 0 saturated carbocycles. The molecule has 0 fully saturated rings. The summed E-state index contributed by atoms with van der Waals surface area (Å²) >= 11 is 0. The summed E-state index contributed by atoms with van der Waals surface area (Å²) < 4.78 is 357. The van der Waals surface area contributed by atoms with E-state index in [1.54, 1.807) is 0 Å². The van der Waals surface area contributed by atoms with E-state index in [9.17, 15) is 146 Å². The Hall–Kier alpha value is -2.89. The Morgan fingerprint density at radius 3 is 0.500 bits per heavy atom. The van der Waals surface area contributed by atoms with Gasteiger partial charge >= 0.3 is 72.6 Å². The van der Waals surface area contributed by atoms with Crippen LogP contribution in [0.25, 0.3) is 0 Å². The fraction of sp³-hybridized carbons (Fsp3) is 0.571. The van der Waals surface area contributed by atoms with Crippen LogP contribution >= 0.6 is 0 Å². The number of carbonyl (C=O) groups is 3. The van der Waals surface area contributed by atoms with Gasteiger partial charge in [-0.25, -0.2) is 0 Å². The van der Waals surface area contributed by atoms with Gasteiger partial charge in [0.2, 0.25) is 0 Å². The van der Waals surface area contributed by atoms with E-state index in [1.165, 1.54) is 0 Å². The molecule has 6 nitrogen and oxygen atoms in total. The molecule has 0 aliphatic heterocycles. The van der Waals surface area contributed by atoms with Gasteiger partial charge < -0.3 is 15.3 Å². The maximum atomic E-state index is 12.5. The van der Waals surface area contributed by atoms with Crippen LogP contribution in [0.5, 0.6) is 0 Å². The summed E-state index contributed by atoms with van der Waals surface area (Å²) in [6.07, 6.45) is -42.3. The van der Waals surface area contributed by atoms with Crippen molar-refractivity contribution in [2.75, 3.05) is 0 Å². The maximum absolute atomic E-state index is 12.5. The quantitative estimate of drug-likeness (QED) is 0.121. The number of carbonyl (C=O) groups excluding carboxylic acids is 3. The van der Waals surface area contributed by atoms with Gasteiger partial charge in [0.25, 0.3) is 17.3 Å². The fourth-order valence-corrected chi connectivity index (χ4v) is 1.91. The number of aliphatic hydroxyl groups excluding tert-OH is 3. The zero-order valence-corrected chi connectivity index (χ0v) is 27.4. The Bertz CT molecular complexity index is 1350. The van der Waals surface area contributed by atoms with Gasteiger partial charge in [0.15, 0.2) is 17.3 Å². The molecule has 0 aromatic rings. The van der Waals surface area contributed by atoms with E-state index in [1.807, 2.05) is 0 Å². The molecule has 0 aromatic heterocycles. The first-order valence-electron chi connectivity index (χ1n) is 11.7. The van der Waals surface area contributed by atoms with E-state index in [2.05, 4.69) is 0 Å². The molecule has 0 aromatic carbocycles. The first-order chi connectivity index (χ1) is 24.1. The third-order valence-corrected chi connectivity index (χ3v) is 4.86. The molecular formula is C21H6EuF30O6. The van der Waals surface area contributed by atoms with Crippen LogP contribution in [-0.2, 0) is 14.4 Å². The Balaban J connectivity index is -0.000000374. The van der Waals surface area contributed by atoms with Crippen molar-refractivity contribution in [2.24, 2.45) is 0 Å². The third kappa shape index (κ3) is 14.7. The number of hydrogen-bond donors (Lipinski definition) is 3. The molecule has 3 N–H and O–H groups in total. The fourth-order valence-electron chi connectivity index (χ4n) is 1.91. The first-order valence-corrected chi connectivity index (χ1v) is 11.7. The van der Waals surface area contributed by atoms with Crippen molar-refractivity contribution in [1.82, 2.24) is 0 Å². The van der Waals surface area contributed by atoms with Crippen molar-refractivity contribution in [2.45, 2.75) is 72.6 Å². The Labute approximate surface area is 335 Å². The van der Waals surface area contributed by atoms with Crippen molar-refractivity contribution >= 4 is 17.3 Å². The minimum Gasteiger partial charge on any atom is -0.506 e. The molecule has 0 heterocycles. The Kier molecular flexibility index (Phi) is 20.0. The molecule has 58 heavy (non-hydrogen) atoms. The third-order valence-electron chi connectivity index (χ3n) is 4.86. The van der Waals surface area contributed by atoms with Crippen molar-refractivity contribution in [3.8, 4) is 0 Å². The van der Waals surface area contributed by atoms with Crippen molar-refractivity contribution in [3.63, 3.8) is 0 Å². The molecule has 0 rings (SSSR count). The number of halogens is 30. The number of alkyl halides is 30. The van der Waals surface area contributed by atoms with Gasteiger partial charge in [-0.2, -0.15) is 132 Å². The van der Waals surface area contributed by atoms with E-state index in [0.29, 0.717) is 0 Å². The van der Waals surface area contributed by atoms with Crippen LogP contribution in [0, 0.1) is 49.4 Å². The molecule has 0 amide bonds. The largest absolute Gasteiger partial charge is 0.506 e. The molecule has 0 atom stereocenters. The molecule has 343 valence electrons. The van der Waals surface area contributed by atoms with Crippen molar-refractivity contribution < 1.29 is 211 Å². The molecule has 0 bridgehead atoms. The van der Waals surface area contributed by atoms with Gasteiger partial charge in [-0.1, -0.05) is 0 Å². The van der Waals surface area contributed by atoms with Gasteiger partial charge in [0.1, 0.15) is 0 Å². The van der Waals surface area contributed by atoms with Gasteiger partial charge in [0, 0.05) is 67.6 Å². The predicted molar refractivity (Wildman–Crippen MR) is 113 cm³/mol. The SMILES string of the molecule is O=C(C=C(O)C(F)(F)C(F)(F)C(F)(F)F)C(F)(F)F.O=C(C=C(O)C(F)(F)C(F)(F)C(F)(F)F)C(F)(F)F.O=C(C=C(O)C(F)(F)C(F)(F)C(F)(F)F)C(F)(F)F.[Eu]. The molecule has 0 saturated heterocycles. The predicted octanol–water partition coefficient (Wildman–Crippen LogP) is 10.2. The monoisotopic (exact) mass is 1080 g/mol. The van der Waals surface area contributed by atoms with E-state index < -0.39 is 125 Å². The minimum atomic E-state index is -6.85. The van der Waals surface area contributed by atoms with E-state index in [4.69, 9.17) is 15.3 Å². The summed E-state index contributed by atoms with van der Waals surface area (Å²) in [7, 11) is 0. The van der Waals surface area contributed by atoms with Crippen LogP contribution in [0.15, 0.2) is 35.5 Å². The normalized spacial score (nSPS) is 15.3. The summed E-state index contributed by atoms with van der Waals surface area (Å²) in [5.74, 6) is -59.5. The molecule has 0 aliphatic carbocycles. The zero-order chi connectivity index (χ0) is 47.6. The molecular weight excluding hydrogens is 1070 g/mol. The Morgan fingerprint density at radius 2 is 0.414 bits per heavy atom. The standard InChI is InChI=1S/3C7H2F10O2.Eu/c3*8-4(9,6(13,14)7(15,16)17)2(18)1-3(19)5(10,11)12;/h3*1,18H;. The van der Waals surface area contributed by atoms with Gasteiger partial charge in [-0.05, 0) is 0 Å². The zero-order valence-electron chi connectivity index (χ0n) is 25.0. The molecule has 0 unspecified atom stereocenters. The molecule has 0 spiro atoms. The Morgan fingerprint density at radius 1 is 0.293 bits per heavy atom. The molecule has 0 aliphatic rings. The number of allylic oxidation sites excluding steroid dienone is 6. The smallest absolute Gasteiger partial charge is 0.460 e. The van der Waals surface area contributed by atoms with Crippen LogP contribution in [0.4, 0.5) is 132 Å². The van der Waals surface area contributed by atoms with Crippen LogP contribution in [0.3, 0.4) is 0 Å². The second kappa shape index (κ2) is 18.8. The average molecular weight is 1080 g/mol. The number of aliphatic hydroxyl groups is 3.